The molecule has 1 rings (SSSR count). The van der Waals surface area contributed by atoms with E-state index in [1.54, 1.807) is 12.1 Å². The minimum absolute atomic E-state index is 0.0609. The zero-order valence-corrected chi connectivity index (χ0v) is 11.3. The average molecular weight is 274 g/mol. The van der Waals surface area contributed by atoms with Gasteiger partial charge in [-0.05, 0) is 17.9 Å². The third-order valence-corrected chi connectivity index (χ3v) is 3.33. The van der Waals surface area contributed by atoms with Crippen molar-refractivity contribution < 1.29 is 9.90 Å². The summed E-state index contributed by atoms with van der Waals surface area (Å²) in [4.78, 5) is 11.9. The maximum atomic E-state index is 11.1. The van der Waals surface area contributed by atoms with Crippen molar-refractivity contribution in [3.8, 4) is 18.4 Å². The number of thioether (sulfide) groups is 1. The lowest BCUT2D eigenvalue weighted by Crippen LogP contribution is -2.29. The second-order valence-electron chi connectivity index (χ2n) is 3.67. The predicted octanol–water partition coefficient (Wildman–Crippen LogP) is 2.56. The minimum atomic E-state index is -1.03. The average Bonchev–Trinajstić information content (AvgIpc) is 2.38. The number of benzene rings is 1. The molecule has 0 saturated carbocycles. The van der Waals surface area contributed by atoms with E-state index in [1.807, 2.05) is 13.0 Å². The summed E-state index contributed by atoms with van der Waals surface area (Å²) < 4.78 is 0. The SMILES string of the molecule is C#CCC(Nc1cccc(SCC)c1C#N)C(=O)O. The largest absolute Gasteiger partial charge is 0.480 e. The van der Waals surface area contributed by atoms with Crippen LogP contribution < -0.4 is 5.32 Å². The molecule has 0 bridgehead atoms. The molecule has 19 heavy (non-hydrogen) atoms. The van der Waals surface area contributed by atoms with Gasteiger partial charge in [-0.25, -0.2) is 4.79 Å². The first-order valence-corrected chi connectivity index (χ1v) is 6.71. The Morgan fingerprint density at radius 3 is 2.89 bits per heavy atom. The van der Waals surface area contributed by atoms with Crippen LogP contribution in [-0.4, -0.2) is 22.9 Å². The smallest absolute Gasteiger partial charge is 0.327 e. The van der Waals surface area contributed by atoms with Crippen molar-refractivity contribution in [1.29, 1.82) is 5.26 Å². The zero-order valence-electron chi connectivity index (χ0n) is 10.5. The summed E-state index contributed by atoms with van der Waals surface area (Å²) in [5.74, 6) is 2.12. The van der Waals surface area contributed by atoms with E-state index >= 15 is 0 Å². The summed E-state index contributed by atoms with van der Waals surface area (Å²) in [5, 5.41) is 21.1. The molecule has 98 valence electrons. The molecule has 0 aliphatic heterocycles. The van der Waals surface area contributed by atoms with E-state index in [1.165, 1.54) is 11.8 Å². The highest BCUT2D eigenvalue weighted by Gasteiger charge is 2.18. The number of nitriles is 1. The number of carboxylic acid groups (broad SMARTS) is 1. The summed E-state index contributed by atoms with van der Waals surface area (Å²) in [7, 11) is 0. The first-order chi connectivity index (χ1) is 9.13. The number of aliphatic carboxylic acids is 1. The van der Waals surface area contributed by atoms with Gasteiger partial charge in [-0.2, -0.15) is 5.26 Å². The summed E-state index contributed by atoms with van der Waals surface area (Å²) in [6.07, 6.45) is 5.21. The van der Waals surface area contributed by atoms with Crippen LogP contribution in [0.4, 0.5) is 5.69 Å². The topological polar surface area (TPSA) is 73.1 Å². The van der Waals surface area contributed by atoms with Crippen LogP contribution in [0.2, 0.25) is 0 Å². The van der Waals surface area contributed by atoms with Gasteiger partial charge in [0, 0.05) is 11.3 Å². The van der Waals surface area contributed by atoms with Crippen molar-refractivity contribution in [3.05, 3.63) is 23.8 Å². The standard InChI is InChI=1S/C14H14N2O2S/c1-3-6-12(14(17)18)16-11-7-5-8-13(19-4-2)10(11)9-15/h1,5,7-8,12,16H,4,6H2,2H3,(H,17,18). The van der Waals surface area contributed by atoms with E-state index in [2.05, 4.69) is 17.3 Å². The van der Waals surface area contributed by atoms with Crippen LogP contribution in [0.15, 0.2) is 23.1 Å². The third-order valence-electron chi connectivity index (χ3n) is 2.39. The molecule has 0 fully saturated rings. The lowest BCUT2D eigenvalue weighted by Gasteiger charge is -2.15. The first kappa shape index (κ1) is 14.9. The third kappa shape index (κ3) is 3.94. The molecule has 1 atom stereocenters. The van der Waals surface area contributed by atoms with Crippen LogP contribution in [-0.2, 0) is 4.79 Å². The van der Waals surface area contributed by atoms with Crippen LogP contribution in [0.3, 0.4) is 0 Å². The second kappa shape index (κ2) is 7.35. The molecule has 1 aromatic rings. The number of hydrogen-bond donors (Lipinski definition) is 2. The number of anilines is 1. The molecule has 0 aromatic heterocycles. The molecule has 0 aliphatic carbocycles. The molecule has 1 unspecified atom stereocenters. The Kier molecular flexibility index (Phi) is 5.78. The van der Waals surface area contributed by atoms with Crippen LogP contribution >= 0.6 is 11.8 Å². The number of nitrogens with zero attached hydrogens (tertiary/aromatic N) is 1. The molecule has 0 amide bonds. The van der Waals surface area contributed by atoms with Crippen molar-refractivity contribution in [2.75, 3.05) is 11.1 Å². The van der Waals surface area contributed by atoms with Gasteiger partial charge in [0.25, 0.3) is 0 Å². The van der Waals surface area contributed by atoms with Crippen molar-refractivity contribution in [2.45, 2.75) is 24.3 Å². The van der Waals surface area contributed by atoms with Gasteiger partial charge in [0.05, 0.1) is 11.3 Å². The molecule has 0 heterocycles. The molecule has 0 saturated heterocycles. The molecular formula is C14H14N2O2S. The quantitative estimate of drug-likeness (QED) is 0.616. The van der Waals surface area contributed by atoms with Crippen LogP contribution in [0.25, 0.3) is 0 Å². The Morgan fingerprint density at radius 1 is 1.63 bits per heavy atom. The van der Waals surface area contributed by atoms with Crippen LogP contribution in [0, 0.1) is 23.7 Å². The van der Waals surface area contributed by atoms with E-state index < -0.39 is 12.0 Å². The Labute approximate surface area is 116 Å². The predicted molar refractivity (Wildman–Crippen MR) is 76.1 cm³/mol. The van der Waals surface area contributed by atoms with Gasteiger partial charge >= 0.3 is 5.97 Å². The van der Waals surface area contributed by atoms with Gasteiger partial charge in [0.2, 0.25) is 0 Å². The molecule has 0 spiro atoms. The number of carbonyl (C=O) groups is 1. The zero-order chi connectivity index (χ0) is 14.3. The lowest BCUT2D eigenvalue weighted by molar-refractivity contribution is -0.137. The Hall–Kier alpha value is -2.11. The fourth-order valence-electron chi connectivity index (χ4n) is 1.55. The molecule has 0 radical (unpaired) electrons. The van der Waals surface area contributed by atoms with E-state index in [0.29, 0.717) is 11.3 Å². The van der Waals surface area contributed by atoms with Crippen molar-refractivity contribution in [3.63, 3.8) is 0 Å². The summed E-state index contributed by atoms with van der Waals surface area (Å²) in [6.45, 7) is 1.99. The van der Waals surface area contributed by atoms with Gasteiger partial charge < -0.3 is 10.4 Å². The highest BCUT2D eigenvalue weighted by Crippen LogP contribution is 2.28. The summed E-state index contributed by atoms with van der Waals surface area (Å²) in [5.41, 5.74) is 0.959. The van der Waals surface area contributed by atoms with Crippen molar-refractivity contribution >= 4 is 23.4 Å². The fourth-order valence-corrected chi connectivity index (χ4v) is 2.33. The number of carboxylic acids is 1. The number of terminal acetylenes is 1. The van der Waals surface area contributed by atoms with Gasteiger partial charge in [-0.3, -0.25) is 0 Å². The maximum absolute atomic E-state index is 11.1. The first-order valence-electron chi connectivity index (χ1n) is 5.72. The Morgan fingerprint density at radius 2 is 2.37 bits per heavy atom. The van der Waals surface area contributed by atoms with Gasteiger partial charge in [-0.15, -0.1) is 24.1 Å². The van der Waals surface area contributed by atoms with E-state index in [4.69, 9.17) is 11.5 Å². The lowest BCUT2D eigenvalue weighted by atomic mass is 10.1. The van der Waals surface area contributed by atoms with Crippen molar-refractivity contribution in [2.24, 2.45) is 0 Å². The Bertz CT molecular complexity index is 543. The number of hydrogen-bond acceptors (Lipinski definition) is 4. The monoisotopic (exact) mass is 274 g/mol. The highest BCUT2D eigenvalue weighted by atomic mass is 32.2. The van der Waals surface area contributed by atoms with Crippen molar-refractivity contribution in [1.82, 2.24) is 0 Å². The van der Waals surface area contributed by atoms with E-state index in [0.717, 1.165) is 10.6 Å². The molecule has 0 aliphatic rings. The molecular weight excluding hydrogens is 260 g/mol. The summed E-state index contributed by atoms with van der Waals surface area (Å²) >= 11 is 1.54. The van der Waals surface area contributed by atoms with E-state index in [-0.39, 0.29) is 6.42 Å². The fraction of sp³-hybridized carbons (Fsp3) is 0.286. The molecule has 1 aromatic carbocycles. The second-order valence-corrected chi connectivity index (χ2v) is 4.97. The number of rotatable bonds is 6. The number of nitrogens with one attached hydrogen (secondary N) is 1. The van der Waals surface area contributed by atoms with E-state index in [9.17, 15) is 10.1 Å². The molecule has 2 N–H and O–H groups in total. The van der Waals surface area contributed by atoms with Gasteiger partial charge in [0.15, 0.2) is 0 Å². The Balaban J connectivity index is 3.07. The van der Waals surface area contributed by atoms with Crippen LogP contribution in [0.5, 0.6) is 0 Å². The van der Waals surface area contributed by atoms with Gasteiger partial charge in [0.1, 0.15) is 12.1 Å². The molecule has 4 nitrogen and oxygen atoms in total. The highest BCUT2D eigenvalue weighted by molar-refractivity contribution is 7.99. The van der Waals surface area contributed by atoms with Crippen LogP contribution in [0.1, 0.15) is 18.9 Å². The van der Waals surface area contributed by atoms with Gasteiger partial charge in [-0.1, -0.05) is 13.0 Å². The molecule has 5 heteroatoms. The minimum Gasteiger partial charge on any atom is -0.480 e. The summed E-state index contributed by atoms with van der Waals surface area (Å²) in [6, 6.07) is 6.53. The normalized spacial score (nSPS) is 11.1. The maximum Gasteiger partial charge on any atom is 0.327 e.